The van der Waals surface area contributed by atoms with Crippen molar-refractivity contribution in [2.45, 2.75) is 19.3 Å². The number of carbonyl (C=O) groups is 1. The molecule has 3 nitrogen and oxygen atoms in total. The lowest BCUT2D eigenvalue weighted by Crippen LogP contribution is -2.15. The molecule has 1 heterocycles. The van der Waals surface area contributed by atoms with Crippen LogP contribution in [0.1, 0.15) is 29.4 Å². The van der Waals surface area contributed by atoms with Gasteiger partial charge >= 0.3 is 5.97 Å². The SMILES string of the molecule is CCC(F)(F)c1cc(C(=O)OC)ccn1. The monoisotopic (exact) mass is 215 g/mol. The number of alkyl halides is 2. The van der Waals surface area contributed by atoms with Crippen LogP contribution in [0.4, 0.5) is 8.78 Å². The topological polar surface area (TPSA) is 39.2 Å². The second-order valence-electron chi connectivity index (χ2n) is 2.98. The number of carbonyl (C=O) groups excluding carboxylic acids is 1. The number of esters is 1. The van der Waals surface area contributed by atoms with E-state index in [1.165, 1.54) is 26.3 Å². The van der Waals surface area contributed by atoms with Crippen molar-refractivity contribution >= 4 is 5.97 Å². The third-order valence-corrected chi connectivity index (χ3v) is 2.00. The van der Waals surface area contributed by atoms with Crippen LogP contribution in [0.5, 0.6) is 0 Å². The molecule has 0 atom stereocenters. The molecule has 1 aromatic heterocycles. The highest BCUT2D eigenvalue weighted by atomic mass is 19.3. The number of hydrogen-bond donors (Lipinski definition) is 0. The van der Waals surface area contributed by atoms with E-state index in [1.807, 2.05) is 0 Å². The summed E-state index contributed by atoms with van der Waals surface area (Å²) in [7, 11) is 1.19. The quantitative estimate of drug-likeness (QED) is 0.726. The van der Waals surface area contributed by atoms with Gasteiger partial charge in [-0.05, 0) is 12.1 Å². The fourth-order valence-corrected chi connectivity index (χ4v) is 1.06. The minimum absolute atomic E-state index is 0.0793. The van der Waals surface area contributed by atoms with Crippen LogP contribution in [-0.2, 0) is 10.7 Å². The van der Waals surface area contributed by atoms with Crippen LogP contribution in [0.3, 0.4) is 0 Å². The van der Waals surface area contributed by atoms with Crippen molar-refractivity contribution < 1.29 is 18.3 Å². The summed E-state index contributed by atoms with van der Waals surface area (Å²) in [5.41, 5.74) is -0.330. The average molecular weight is 215 g/mol. The predicted octanol–water partition coefficient (Wildman–Crippen LogP) is 2.37. The molecular weight excluding hydrogens is 204 g/mol. The molecule has 5 heteroatoms. The Labute approximate surface area is 86.1 Å². The van der Waals surface area contributed by atoms with E-state index in [-0.39, 0.29) is 12.0 Å². The van der Waals surface area contributed by atoms with Crippen molar-refractivity contribution in [3.63, 3.8) is 0 Å². The first-order valence-corrected chi connectivity index (χ1v) is 4.44. The van der Waals surface area contributed by atoms with E-state index in [2.05, 4.69) is 9.72 Å². The Balaban J connectivity index is 3.08. The molecule has 0 unspecified atom stereocenters. The van der Waals surface area contributed by atoms with E-state index >= 15 is 0 Å². The van der Waals surface area contributed by atoms with Crippen LogP contribution in [0.2, 0.25) is 0 Å². The summed E-state index contributed by atoms with van der Waals surface area (Å²) in [5.74, 6) is -3.66. The van der Waals surface area contributed by atoms with Crippen molar-refractivity contribution in [3.05, 3.63) is 29.6 Å². The van der Waals surface area contributed by atoms with Gasteiger partial charge in [0.25, 0.3) is 5.92 Å². The highest BCUT2D eigenvalue weighted by molar-refractivity contribution is 5.89. The van der Waals surface area contributed by atoms with Crippen LogP contribution in [0.25, 0.3) is 0 Å². The zero-order chi connectivity index (χ0) is 11.5. The molecule has 0 saturated heterocycles. The Bertz CT molecular complexity index is 366. The molecule has 0 aliphatic heterocycles. The summed E-state index contributed by atoms with van der Waals surface area (Å²) in [4.78, 5) is 14.6. The van der Waals surface area contributed by atoms with Crippen molar-refractivity contribution in [1.29, 1.82) is 0 Å². The van der Waals surface area contributed by atoms with E-state index in [9.17, 15) is 13.6 Å². The second kappa shape index (κ2) is 4.33. The van der Waals surface area contributed by atoms with Gasteiger partial charge in [-0.25, -0.2) is 4.79 Å². The minimum atomic E-state index is -3.01. The summed E-state index contributed by atoms with van der Waals surface area (Å²) in [6.07, 6.45) is 0.815. The fourth-order valence-electron chi connectivity index (χ4n) is 1.06. The van der Waals surface area contributed by atoms with E-state index in [4.69, 9.17) is 0 Å². The number of rotatable bonds is 3. The molecule has 0 aliphatic rings. The van der Waals surface area contributed by atoms with Crippen LogP contribution in [0, 0.1) is 0 Å². The minimum Gasteiger partial charge on any atom is -0.465 e. The van der Waals surface area contributed by atoms with E-state index in [0.29, 0.717) is 0 Å². The Kier molecular flexibility index (Phi) is 3.34. The summed E-state index contributed by atoms with van der Waals surface area (Å²) < 4.78 is 30.9. The molecule has 15 heavy (non-hydrogen) atoms. The molecule has 0 radical (unpaired) electrons. The third-order valence-electron chi connectivity index (χ3n) is 2.00. The molecule has 1 aromatic rings. The number of ether oxygens (including phenoxy) is 1. The van der Waals surface area contributed by atoms with Gasteiger partial charge < -0.3 is 4.74 Å². The van der Waals surface area contributed by atoms with Gasteiger partial charge in [0.2, 0.25) is 0 Å². The Hall–Kier alpha value is -1.52. The van der Waals surface area contributed by atoms with Crippen molar-refractivity contribution in [2.75, 3.05) is 7.11 Å². The number of pyridine rings is 1. The van der Waals surface area contributed by atoms with Gasteiger partial charge in [-0.1, -0.05) is 6.92 Å². The number of halogens is 2. The molecule has 1 rings (SSSR count). The lowest BCUT2D eigenvalue weighted by Gasteiger charge is -2.13. The smallest absolute Gasteiger partial charge is 0.337 e. The van der Waals surface area contributed by atoms with Crippen molar-refractivity contribution in [3.8, 4) is 0 Å². The molecule has 0 spiro atoms. The number of aromatic nitrogens is 1. The molecule has 0 saturated carbocycles. The normalized spacial score (nSPS) is 11.2. The van der Waals surface area contributed by atoms with Gasteiger partial charge in [0.05, 0.1) is 12.7 Å². The largest absolute Gasteiger partial charge is 0.465 e. The van der Waals surface area contributed by atoms with Gasteiger partial charge in [0.1, 0.15) is 5.69 Å². The number of methoxy groups -OCH3 is 1. The van der Waals surface area contributed by atoms with Gasteiger partial charge in [-0.15, -0.1) is 0 Å². The molecule has 0 aliphatic carbocycles. The second-order valence-corrected chi connectivity index (χ2v) is 2.98. The van der Waals surface area contributed by atoms with Crippen LogP contribution in [0.15, 0.2) is 18.3 Å². The van der Waals surface area contributed by atoms with Crippen LogP contribution < -0.4 is 0 Å². The first-order valence-electron chi connectivity index (χ1n) is 4.44. The fraction of sp³-hybridized carbons (Fsp3) is 0.400. The maximum atomic E-state index is 13.2. The maximum absolute atomic E-state index is 13.2. The first kappa shape index (κ1) is 11.6. The predicted molar refractivity (Wildman–Crippen MR) is 49.8 cm³/mol. The lowest BCUT2D eigenvalue weighted by atomic mass is 10.1. The standard InChI is InChI=1S/C10H11F2NO2/c1-3-10(11,12)8-6-7(4-5-13-8)9(14)15-2/h4-6H,3H2,1-2H3. The van der Waals surface area contributed by atoms with E-state index < -0.39 is 17.6 Å². The highest BCUT2D eigenvalue weighted by Crippen LogP contribution is 2.29. The van der Waals surface area contributed by atoms with Gasteiger partial charge in [-0.2, -0.15) is 8.78 Å². The maximum Gasteiger partial charge on any atom is 0.337 e. The lowest BCUT2D eigenvalue weighted by molar-refractivity contribution is -0.0128. The Morgan fingerprint density at radius 3 is 2.80 bits per heavy atom. The highest BCUT2D eigenvalue weighted by Gasteiger charge is 2.31. The number of nitrogens with zero attached hydrogens (tertiary/aromatic N) is 1. The molecule has 0 N–H and O–H groups in total. The van der Waals surface area contributed by atoms with Crippen molar-refractivity contribution in [2.24, 2.45) is 0 Å². The van der Waals surface area contributed by atoms with Gasteiger partial charge in [0, 0.05) is 12.6 Å². The van der Waals surface area contributed by atoms with Gasteiger partial charge in [-0.3, -0.25) is 4.98 Å². The summed E-state index contributed by atoms with van der Waals surface area (Å²) in [5, 5.41) is 0. The van der Waals surface area contributed by atoms with Crippen LogP contribution in [-0.4, -0.2) is 18.1 Å². The molecule has 82 valence electrons. The van der Waals surface area contributed by atoms with Crippen LogP contribution >= 0.6 is 0 Å². The zero-order valence-corrected chi connectivity index (χ0v) is 8.46. The average Bonchev–Trinajstić information content (AvgIpc) is 2.28. The molecule has 0 bridgehead atoms. The third kappa shape index (κ3) is 2.49. The molecule has 0 amide bonds. The molecular formula is C10H11F2NO2. The first-order chi connectivity index (χ1) is 7.01. The summed E-state index contributed by atoms with van der Waals surface area (Å²) in [6.45, 7) is 1.35. The van der Waals surface area contributed by atoms with Gasteiger partial charge in [0.15, 0.2) is 0 Å². The molecule has 0 fully saturated rings. The summed E-state index contributed by atoms with van der Waals surface area (Å²) >= 11 is 0. The Morgan fingerprint density at radius 1 is 1.60 bits per heavy atom. The van der Waals surface area contributed by atoms with E-state index in [0.717, 1.165) is 6.07 Å². The Morgan fingerprint density at radius 2 is 2.27 bits per heavy atom. The van der Waals surface area contributed by atoms with Crippen molar-refractivity contribution in [1.82, 2.24) is 4.98 Å². The summed E-state index contributed by atoms with van der Waals surface area (Å²) in [6, 6.07) is 2.39. The molecule has 0 aromatic carbocycles. The number of hydrogen-bond acceptors (Lipinski definition) is 3. The van der Waals surface area contributed by atoms with E-state index in [1.54, 1.807) is 0 Å². The zero-order valence-electron chi connectivity index (χ0n) is 8.46.